The second-order valence-electron chi connectivity index (χ2n) is 7.75. The molecule has 2 aromatic rings. The van der Waals surface area contributed by atoms with E-state index in [9.17, 15) is 9.59 Å². The van der Waals surface area contributed by atoms with Crippen LogP contribution in [0.4, 0.5) is 0 Å². The zero-order chi connectivity index (χ0) is 21.5. The molecule has 1 fully saturated rings. The van der Waals surface area contributed by atoms with Gasteiger partial charge in [-0.3, -0.25) is 14.5 Å². The van der Waals surface area contributed by atoms with Crippen LogP contribution in [-0.4, -0.2) is 61.4 Å². The number of rotatable bonds is 6. The lowest BCUT2D eigenvalue weighted by molar-refractivity contribution is -0.139. The van der Waals surface area contributed by atoms with Crippen LogP contribution in [0.3, 0.4) is 0 Å². The van der Waals surface area contributed by atoms with Crippen LogP contribution >= 0.6 is 11.6 Å². The van der Waals surface area contributed by atoms with Crippen molar-refractivity contribution < 1.29 is 9.59 Å². The van der Waals surface area contributed by atoms with Crippen LogP contribution < -0.4 is 10.6 Å². The maximum atomic E-state index is 12.4. The highest BCUT2D eigenvalue weighted by atomic mass is 35.5. The van der Waals surface area contributed by atoms with E-state index in [1.807, 2.05) is 18.2 Å². The molecule has 2 amide bonds. The Morgan fingerprint density at radius 3 is 2.27 bits per heavy atom. The van der Waals surface area contributed by atoms with E-state index in [1.165, 1.54) is 5.56 Å². The molecule has 1 aliphatic heterocycles. The van der Waals surface area contributed by atoms with Crippen molar-refractivity contribution in [2.75, 3.05) is 39.8 Å². The van der Waals surface area contributed by atoms with E-state index >= 15 is 0 Å². The normalized spacial score (nSPS) is 16.1. The molecule has 0 unspecified atom stereocenters. The fourth-order valence-electron chi connectivity index (χ4n) is 3.55. The smallest absolute Gasteiger partial charge is 0.309 e. The molecule has 3 rings (SSSR count). The molecular formula is C23H29ClN4O2. The number of nitrogens with zero attached hydrogens (tertiary/aromatic N) is 2. The van der Waals surface area contributed by atoms with Crippen LogP contribution in [0, 0.1) is 6.92 Å². The molecule has 1 aliphatic rings. The number of hydrogen-bond acceptors (Lipinski definition) is 4. The standard InChI is InChI=1S/C23H29ClN4O2/c1-17-7-9-18(10-8-17)21(28-13-11-27(2)12-14-28)16-26-23(30)22(29)25-15-19-5-3-4-6-20(19)24/h3-10,21H,11-16H2,1-2H3,(H,25,29)(H,26,30)/t21-/m0/s1. The lowest BCUT2D eigenvalue weighted by atomic mass is 10.0. The summed E-state index contributed by atoms with van der Waals surface area (Å²) >= 11 is 6.10. The Kier molecular flexibility index (Phi) is 7.85. The lowest BCUT2D eigenvalue weighted by Crippen LogP contribution is -2.49. The van der Waals surface area contributed by atoms with E-state index in [2.05, 4.69) is 58.7 Å². The van der Waals surface area contributed by atoms with Gasteiger partial charge in [0.25, 0.3) is 0 Å². The van der Waals surface area contributed by atoms with Gasteiger partial charge in [0.05, 0.1) is 6.04 Å². The van der Waals surface area contributed by atoms with Crippen molar-refractivity contribution in [3.63, 3.8) is 0 Å². The van der Waals surface area contributed by atoms with E-state index in [-0.39, 0.29) is 12.6 Å². The van der Waals surface area contributed by atoms with Crippen molar-refractivity contribution in [1.29, 1.82) is 0 Å². The van der Waals surface area contributed by atoms with Gasteiger partial charge in [-0.1, -0.05) is 59.6 Å². The Morgan fingerprint density at radius 2 is 1.60 bits per heavy atom. The summed E-state index contributed by atoms with van der Waals surface area (Å²) in [5.74, 6) is -1.29. The third-order valence-corrected chi connectivity index (χ3v) is 5.87. The Bertz CT molecular complexity index is 864. The van der Waals surface area contributed by atoms with Gasteiger partial charge in [-0.2, -0.15) is 0 Å². The first-order chi connectivity index (χ1) is 14.4. The minimum Gasteiger partial charge on any atom is -0.346 e. The van der Waals surface area contributed by atoms with Crippen molar-refractivity contribution in [3.05, 3.63) is 70.2 Å². The highest BCUT2D eigenvalue weighted by Crippen LogP contribution is 2.22. The van der Waals surface area contributed by atoms with E-state index in [0.717, 1.165) is 37.3 Å². The third-order valence-electron chi connectivity index (χ3n) is 5.50. The van der Waals surface area contributed by atoms with Crippen molar-refractivity contribution in [3.8, 4) is 0 Å². The second kappa shape index (κ2) is 10.6. The van der Waals surface area contributed by atoms with Crippen LogP contribution in [0.25, 0.3) is 0 Å². The summed E-state index contributed by atoms with van der Waals surface area (Å²) in [5, 5.41) is 6.02. The number of amides is 2. The molecule has 0 radical (unpaired) electrons. The number of piperazine rings is 1. The van der Waals surface area contributed by atoms with Gasteiger partial charge in [0.15, 0.2) is 0 Å². The molecule has 0 spiro atoms. The maximum absolute atomic E-state index is 12.4. The largest absolute Gasteiger partial charge is 0.346 e. The number of carbonyl (C=O) groups is 2. The van der Waals surface area contributed by atoms with E-state index in [1.54, 1.807) is 6.07 Å². The maximum Gasteiger partial charge on any atom is 0.309 e. The topological polar surface area (TPSA) is 64.7 Å². The molecule has 2 N–H and O–H groups in total. The van der Waals surface area contributed by atoms with Gasteiger partial charge in [-0.05, 0) is 31.2 Å². The Morgan fingerprint density at radius 1 is 0.967 bits per heavy atom. The molecule has 0 saturated carbocycles. The zero-order valence-electron chi connectivity index (χ0n) is 17.5. The van der Waals surface area contributed by atoms with Gasteiger partial charge in [0, 0.05) is 44.3 Å². The fraction of sp³-hybridized carbons (Fsp3) is 0.391. The van der Waals surface area contributed by atoms with Crippen LogP contribution in [-0.2, 0) is 16.1 Å². The SMILES string of the molecule is Cc1ccc([C@H](CNC(=O)C(=O)NCc2ccccc2Cl)N2CCN(C)CC2)cc1. The molecule has 0 aliphatic carbocycles. The van der Waals surface area contributed by atoms with Crippen LogP contribution in [0.1, 0.15) is 22.7 Å². The number of likely N-dealkylation sites (N-methyl/N-ethyl adjacent to an activating group) is 1. The molecule has 30 heavy (non-hydrogen) atoms. The van der Waals surface area contributed by atoms with E-state index in [4.69, 9.17) is 11.6 Å². The number of aryl methyl sites for hydroxylation is 1. The van der Waals surface area contributed by atoms with Gasteiger partial charge < -0.3 is 15.5 Å². The minimum absolute atomic E-state index is 0.0274. The van der Waals surface area contributed by atoms with Crippen molar-refractivity contribution in [2.24, 2.45) is 0 Å². The fourth-order valence-corrected chi connectivity index (χ4v) is 3.75. The predicted octanol–water partition coefficient (Wildman–Crippen LogP) is 2.37. The lowest BCUT2D eigenvalue weighted by Gasteiger charge is -2.38. The van der Waals surface area contributed by atoms with Crippen LogP contribution in [0.15, 0.2) is 48.5 Å². The van der Waals surface area contributed by atoms with Gasteiger partial charge in [0.2, 0.25) is 0 Å². The molecule has 1 heterocycles. The molecule has 2 aromatic carbocycles. The number of benzene rings is 2. The zero-order valence-corrected chi connectivity index (χ0v) is 18.3. The highest BCUT2D eigenvalue weighted by molar-refractivity contribution is 6.35. The van der Waals surface area contributed by atoms with Crippen molar-refractivity contribution >= 4 is 23.4 Å². The van der Waals surface area contributed by atoms with Gasteiger partial charge in [-0.15, -0.1) is 0 Å². The Labute approximate surface area is 183 Å². The first-order valence-electron chi connectivity index (χ1n) is 10.2. The summed E-state index contributed by atoms with van der Waals surface area (Å²) in [6.07, 6.45) is 0. The summed E-state index contributed by atoms with van der Waals surface area (Å²) in [4.78, 5) is 29.3. The van der Waals surface area contributed by atoms with Crippen molar-refractivity contribution in [2.45, 2.75) is 19.5 Å². The molecule has 0 aromatic heterocycles. The highest BCUT2D eigenvalue weighted by Gasteiger charge is 2.25. The molecule has 7 heteroatoms. The van der Waals surface area contributed by atoms with Crippen LogP contribution in [0.5, 0.6) is 0 Å². The summed E-state index contributed by atoms with van der Waals surface area (Å²) in [5.41, 5.74) is 3.11. The number of halogens is 1. The van der Waals surface area contributed by atoms with Gasteiger partial charge in [0.1, 0.15) is 0 Å². The van der Waals surface area contributed by atoms with Gasteiger partial charge >= 0.3 is 11.8 Å². The first-order valence-corrected chi connectivity index (χ1v) is 10.6. The van der Waals surface area contributed by atoms with Crippen molar-refractivity contribution in [1.82, 2.24) is 20.4 Å². The van der Waals surface area contributed by atoms with E-state index in [0.29, 0.717) is 11.6 Å². The summed E-state index contributed by atoms with van der Waals surface area (Å²) in [6, 6.07) is 15.6. The minimum atomic E-state index is -0.657. The average Bonchev–Trinajstić information content (AvgIpc) is 2.75. The predicted molar refractivity (Wildman–Crippen MR) is 119 cm³/mol. The molecule has 1 atom stereocenters. The second-order valence-corrected chi connectivity index (χ2v) is 8.16. The number of carbonyl (C=O) groups excluding carboxylic acids is 2. The third kappa shape index (κ3) is 6.05. The number of nitrogens with one attached hydrogen (secondary N) is 2. The van der Waals surface area contributed by atoms with Gasteiger partial charge in [-0.25, -0.2) is 0 Å². The first kappa shape index (κ1) is 22.3. The molecule has 160 valence electrons. The summed E-state index contributed by atoms with van der Waals surface area (Å²) < 4.78 is 0. The Hall–Kier alpha value is -2.41. The summed E-state index contributed by atoms with van der Waals surface area (Å²) in [7, 11) is 2.11. The monoisotopic (exact) mass is 428 g/mol. The van der Waals surface area contributed by atoms with Crippen LogP contribution in [0.2, 0.25) is 5.02 Å². The Balaban J connectivity index is 1.59. The van der Waals surface area contributed by atoms with E-state index < -0.39 is 11.8 Å². The molecular weight excluding hydrogens is 400 g/mol. The quantitative estimate of drug-likeness (QED) is 0.693. The molecule has 6 nitrogen and oxygen atoms in total. The molecule has 1 saturated heterocycles. The number of hydrogen-bond donors (Lipinski definition) is 2. The average molecular weight is 429 g/mol. The summed E-state index contributed by atoms with van der Waals surface area (Å²) in [6.45, 7) is 6.45. The molecule has 0 bridgehead atoms.